The number of hydrogen-bond acceptors (Lipinski definition) is 0. The first-order valence-corrected chi connectivity index (χ1v) is 8.83. The van der Waals surface area contributed by atoms with Crippen LogP contribution in [0.2, 0.25) is 0 Å². The molecule has 0 aromatic heterocycles. The average Bonchev–Trinajstić information content (AvgIpc) is 3.00. The van der Waals surface area contributed by atoms with Gasteiger partial charge in [-0.05, 0) is 45.5 Å². The van der Waals surface area contributed by atoms with Crippen LogP contribution in [0.15, 0.2) is 103 Å². The van der Waals surface area contributed by atoms with Crippen LogP contribution in [0.25, 0.3) is 11.1 Å². The third kappa shape index (κ3) is 1.94. The Labute approximate surface area is 152 Å². The van der Waals surface area contributed by atoms with Gasteiger partial charge in [0.05, 0.1) is 5.41 Å². The zero-order valence-corrected chi connectivity index (χ0v) is 14.2. The van der Waals surface area contributed by atoms with Crippen LogP contribution in [0.1, 0.15) is 22.3 Å². The molecule has 0 radical (unpaired) electrons. The molecule has 0 aliphatic heterocycles. The zero-order chi connectivity index (χ0) is 17.6. The van der Waals surface area contributed by atoms with Gasteiger partial charge in [-0.25, -0.2) is 4.39 Å². The summed E-state index contributed by atoms with van der Waals surface area (Å²) in [7, 11) is 0. The van der Waals surface area contributed by atoms with E-state index in [2.05, 4.69) is 66.7 Å². The topological polar surface area (TPSA) is 0 Å². The molecule has 1 aliphatic rings. The molecule has 0 nitrogen and oxygen atoms in total. The van der Waals surface area contributed by atoms with E-state index in [0.29, 0.717) is 0 Å². The van der Waals surface area contributed by atoms with Gasteiger partial charge in [-0.2, -0.15) is 0 Å². The number of hydrogen-bond donors (Lipinski definition) is 0. The predicted octanol–water partition coefficient (Wildman–Crippen LogP) is 6.19. The predicted molar refractivity (Wildman–Crippen MR) is 104 cm³/mol. The van der Waals surface area contributed by atoms with Crippen molar-refractivity contribution in [2.45, 2.75) is 5.41 Å². The summed E-state index contributed by atoms with van der Waals surface area (Å²) >= 11 is 0. The van der Waals surface area contributed by atoms with E-state index < -0.39 is 5.41 Å². The van der Waals surface area contributed by atoms with Crippen molar-refractivity contribution in [3.8, 4) is 11.1 Å². The first kappa shape index (κ1) is 15.1. The van der Waals surface area contributed by atoms with Crippen molar-refractivity contribution in [3.63, 3.8) is 0 Å². The molecule has 0 spiro atoms. The molecule has 4 aromatic carbocycles. The molecule has 0 saturated heterocycles. The van der Waals surface area contributed by atoms with E-state index in [1.54, 1.807) is 12.1 Å². The molecule has 0 atom stereocenters. The second-order valence-electron chi connectivity index (χ2n) is 6.72. The number of fused-ring (bicyclic) bond motifs is 3. The Morgan fingerprint density at radius 2 is 1.04 bits per heavy atom. The van der Waals surface area contributed by atoms with Gasteiger partial charge >= 0.3 is 0 Å². The van der Waals surface area contributed by atoms with Crippen molar-refractivity contribution in [3.05, 3.63) is 131 Å². The Morgan fingerprint density at radius 1 is 0.500 bits per heavy atom. The van der Waals surface area contributed by atoms with E-state index in [9.17, 15) is 4.39 Å². The van der Waals surface area contributed by atoms with Crippen LogP contribution in [-0.2, 0) is 5.41 Å². The lowest BCUT2D eigenvalue weighted by molar-refractivity contribution is 0.626. The fraction of sp³-hybridized carbons (Fsp3) is 0.0400. The van der Waals surface area contributed by atoms with Crippen LogP contribution in [0.5, 0.6) is 0 Å². The summed E-state index contributed by atoms with van der Waals surface area (Å²) < 4.78 is 14.1. The van der Waals surface area contributed by atoms with Crippen molar-refractivity contribution < 1.29 is 4.39 Å². The summed E-state index contributed by atoms with van der Waals surface area (Å²) in [6, 6.07) is 34.6. The van der Waals surface area contributed by atoms with Crippen LogP contribution in [0.3, 0.4) is 0 Å². The first-order valence-electron chi connectivity index (χ1n) is 8.83. The monoisotopic (exact) mass is 336 g/mol. The molecule has 0 unspecified atom stereocenters. The van der Waals surface area contributed by atoms with E-state index in [0.717, 1.165) is 16.7 Å². The van der Waals surface area contributed by atoms with Gasteiger partial charge in [0.1, 0.15) is 5.82 Å². The highest BCUT2D eigenvalue weighted by Crippen LogP contribution is 2.55. The molecular formula is C25H17F. The summed E-state index contributed by atoms with van der Waals surface area (Å²) in [5, 5.41) is 0. The molecule has 4 aromatic rings. The van der Waals surface area contributed by atoms with Gasteiger partial charge in [-0.1, -0.05) is 91.0 Å². The van der Waals surface area contributed by atoms with Crippen LogP contribution in [0, 0.1) is 5.82 Å². The van der Waals surface area contributed by atoms with Gasteiger partial charge in [0.25, 0.3) is 0 Å². The van der Waals surface area contributed by atoms with E-state index >= 15 is 0 Å². The normalized spacial score (nSPS) is 13.9. The van der Waals surface area contributed by atoms with Crippen LogP contribution in [0.4, 0.5) is 4.39 Å². The second-order valence-corrected chi connectivity index (χ2v) is 6.72. The maximum atomic E-state index is 14.1. The molecule has 1 heteroatoms. The molecule has 0 amide bonds. The van der Waals surface area contributed by atoms with Gasteiger partial charge in [-0.3, -0.25) is 0 Å². The second kappa shape index (κ2) is 5.67. The summed E-state index contributed by atoms with van der Waals surface area (Å²) in [5.74, 6) is -0.199. The standard InChI is InChI=1S/C25H17F/c26-20-15-16-24-22(17-20)21-13-7-8-14-23(21)25(24,18-9-3-1-4-10-18)19-11-5-2-6-12-19/h1-17H. The summed E-state index contributed by atoms with van der Waals surface area (Å²) in [4.78, 5) is 0. The lowest BCUT2D eigenvalue weighted by Gasteiger charge is -2.33. The average molecular weight is 336 g/mol. The highest BCUT2D eigenvalue weighted by molar-refractivity contribution is 5.86. The first-order chi connectivity index (χ1) is 12.8. The Balaban J connectivity index is 1.98. The highest BCUT2D eigenvalue weighted by Gasteiger charge is 2.45. The fourth-order valence-electron chi connectivity index (χ4n) is 4.42. The fourth-order valence-corrected chi connectivity index (χ4v) is 4.42. The van der Waals surface area contributed by atoms with Crippen molar-refractivity contribution in [1.82, 2.24) is 0 Å². The summed E-state index contributed by atoms with van der Waals surface area (Å²) in [6.07, 6.45) is 0. The van der Waals surface area contributed by atoms with Gasteiger partial charge < -0.3 is 0 Å². The smallest absolute Gasteiger partial charge is 0.123 e. The van der Waals surface area contributed by atoms with Gasteiger partial charge in [0.15, 0.2) is 0 Å². The maximum Gasteiger partial charge on any atom is 0.123 e. The molecule has 0 heterocycles. The molecule has 0 fully saturated rings. The Kier molecular flexibility index (Phi) is 3.29. The minimum absolute atomic E-state index is 0.199. The molecule has 124 valence electrons. The summed E-state index contributed by atoms with van der Waals surface area (Å²) in [5.41, 5.74) is 6.40. The zero-order valence-electron chi connectivity index (χ0n) is 14.2. The largest absolute Gasteiger partial charge is 0.207 e. The van der Waals surface area contributed by atoms with E-state index in [-0.39, 0.29) is 5.82 Å². The lowest BCUT2D eigenvalue weighted by Crippen LogP contribution is -2.28. The minimum Gasteiger partial charge on any atom is -0.207 e. The van der Waals surface area contributed by atoms with Crippen molar-refractivity contribution in [2.75, 3.05) is 0 Å². The van der Waals surface area contributed by atoms with Crippen LogP contribution < -0.4 is 0 Å². The van der Waals surface area contributed by atoms with E-state index in [1.807, 2.05) is 24.3 Å². The van der Waals surface area contributed by atoms with E-state index in [1.165, 1.54) is 16.7 Å². The lowest BCUT2D eigenvalue weighted by atomic mass is 9.68. The number of halogens is 1. The molecule has 0 saturated carbocycles. The quantitative estimate of drug-likeness (QED) is 0.360. The van der Waals surface area contributed by atoms with Gasteiger partial charge in [0, 0.05) is 0 Å². The van der Waals surface area contributed by atoms with Crippen LogP contribution >= 0.6 is 0 Å². The van der Waals surface area contributed by atoms with E-state index in [4.69, 9.17) is 0 Å². The van der Waals surface area contributed by atoms with Crippen molar-refractivity contribution in [2.24, 2.45) is 0 Å². The molecule has 0 bridgehead atoms. The van der Waals surface area contributed by atoms with Gasteiger partial charge in [0.2, 0.25) is 0 Å². The highest BCUT2D eigenvalue weighted by atomic mass is 19.1. The molecule has 26 heavy (non-hydrogen) atoms. The SMILES string of the molecule is Fc1ccc2c(c1)-c1ccccc1C2(c1ccccc1)c1ccccc1. The Hall–Kier alpha value is -3.19. The Morgan fingerprint density at radius 3 is 1.69 bits per heavy atom. The van der Waals surface area contributed by atoms with Crippen LogP contribution in [-0.4, -0.2) is 0 Å². The molecule has 1 aliphatic carbocycles. The molecule has 0 N–H and O–H groups in total. The summed E-state index contributed by atoms with van der Waals surface area (Å²) in [6.45, 7) is 0. The third-order valence-electron chi connectivity index (χ3n) is 5.42. The Bertz CT molecular complexity index is 1040. The number of benzene rings is 4. The van der Waals surface area contributed by atoms with Gasteiger partial charge in [-0.15, -0.1) is 0 Å². The minimum atomic E-state index is -0.428. The third-order valence-corrected chi connectivity index (χ3v) is 5.42. The molecule has 5 rings (SSSR count). The van der Waals surface area contributed by atoms with Crippen molar-refractivity contribution in [1.29, 1.82) is 0 Å². The maximum absolute atomic E-state index is 14.1. The molecular weight excluding hydrogens is 319 g/mol. The van der Waals surface area contributed by atoms with Crippen molar-refractivity contribution >= 4 is 0 Å². The number of rotatable bonds is 2.